The van der Waals surface area contributed by atoms with Gasteiger partial charge >= 0.3 is 5.97 Å². The molecule has 6 nitrogen and oxygen atoms in total. The van der Waals surface area contributed by atoms with Crippen molar-refractivity contribution in [2.24, 2.45) is 17.8 Å². The summed E-state index contributed by atoms with van der Waals surface area (Å²) in [6.07, 6.45) is 10.2. The van der Waals surface area contributed by atoms with Gasteiger partial charge in [-0.1, -0.05) is 17.7 Å². The number of hydrogen-bond acceptors (Lipinski definition) is 5. The van der Waals surface area contributed by atoms with Crippen LogP contribution < -0.4 is 5.32 Å². The van der Waals surface area contributed by atoms with Crippen LogP contribution in [0.25, 0.3) is 5.57 Å². The molecule has 2 unspecified atom stereocenters. The van der Waals surface area contributed by atoms with Crippen molar-refractivity contribution in [3.8, 4) is 0 Å². The molecule has 2 atom stereocenters. The molecule has 2 aliphatic heterocycles. The molecule has 0 bridgehead atoms. The van der Waals surface area contributed by atoms with Gasteiger partial charge in [-0.3, -0.25) is 19.9 Å². The molecule has 0 radical (unpaired) electrons. The monoisotopic (exact) mass is 485 g/mol. The minimum Gasteiger partial charge on any atom is -0.481 e. The zero-order valence-corrected chi connectivity index (χ0v) is 19.9. The molecule has 8 heteroatoms. The first kappa shape index (κ1) is 22.6. The normalized spacial score (nSPS) is 26.8. The molecule has 2 aromatic rings. The average molecular weight is 486 g/mol. The van der Waals surface area contributed by atoms with E-state index in [-0.39, 0.29) is 29.8 Å². The number of rotatable bonds is 5. The Bertz CT molecular complexity index is 1080. The number of fused-ring (bicyclic) bond motifs is 3. The van der Waals surface area contributed by atoms with E-state index in [1.54, 1.807) is 11.3 Å². The van der Waals surface area contributed by atoms with Gasteiger partial charge in [-0.05, 0) is 66.9 Å². The van der Waals surface area contributed by atoms with Gasteiger partial charge in [0.2, 0.25) is 5.91 Å². The van der Waals surface area contributed by atoms with Gasteiger partial charge in [0.25, 0.3) is 0 Å². The van der Waals surface area contributed by atoms with E-state index in [4.69, 9.17) is 11.6 Å². The molecule has 1 fully saturated rings. The summed E-state index contributed by atoms with van der Waals surface area (Å²) in [6.45, 7) is 1.35. The van der Waals surface area contributed by atoms with Crippen LogP contribution in [0, 0.1) is 17.8 Å². The summed E-state index contributed by atoms with van der Waals surface area (Å²) >= 11 is 7.81. The third kappa shape index (κ3) is 4.86. The maximum Gasteiger partial charge on any atom is 0.306 e. The van der Waals surface area contributed by atoms with E-state index in [1.807, 2.05) is 28.7 Å². The summed E-state index contributed by atoms with van der Waals surface area (Å²) in [5.41, 5.74) is 3.47. The highest BCUT2D eigenvalue weighted by atomic mass is 35.5. The second-order valence-corrected chi connectivity index (χ2v) is 10.9. The number of aliphatic carboxylic acids is 1. The number of carbonyl (C=O) groups is 2. The van der Waals surface area contributed by atoms with Gasteiger partial charge in [0.1, 0.15) is 6.17 Å². The lowest BCUT2D eigenvalue weighted by Crippen LogP contribution is -2.55. The first-order valence-corrected chi connectivity index (χ1v) is 12.9. The number of thiophene rings is 1. The molecule has 0 spiro atoms. The lowest BCUT2D eigenvalue weighted by Gasteiger charge is -2.43. The van der Waals surface area contributed by atoms with Crippen LogP contribution in [0.15, 0.2) is 36.0 Å². The quantitative estimate of drug-likeness (QED) is 0.647. The smallest absolute Gasteiger partial charge is 0.306 e. The molecule has 2 N–H and O–H groups in total. The Morgan fingerprint density at radius 3 is 2.82 bits per heavy atom. The fourth-order valence-corrected chi connectivity index (χ4v) is 6.67. The lowest BCUT2D eigenvalue weighted by molar-refractivity contribution is -0.143. The van der Waals surface area contributed by atoms with Gasteiger partial charge < -0.3 is 10.0 Å². The van der Waals surface area contributed by atoms with Crippen LogP contribution in [-0.2, 0) is 22.6 Å². The molecule has 174 valence electrons. The molecular weight excluding hydrogens is 458 g/mol. The highest BCUT2D eigenvalue weighted by molar-refractivity contribution is 7.10. The Morgan fingerprint density at radius 2 is 2.09 bits per heavy atom. The minimum atomic E-state index is -0.707. The van der Waals surface area contributed by atoms with E-state index in [0.29, 0.717) is 32.4 Å². The highest BCUT2D eigenvalue weighted by Crippen LogP contribution is 2.37. The van der Waals surface area contributed by atoms with Crippen molar-refractivity contribution in [2.45, 2.75) is 51.2 Å². The van der Waals surface area contributed by atoms with Crippen molar-refractivity contribution in [3.63, 3.8) is 0 Å². The number of aromatic nitrogens is 1. The number of nitrogens with zero attached hydrogens (tertiary/aromatic N) is 2. The molecule has 3 aliphatic rings. The van der Waals surface area contributed by atoms with Crippen LogP contribution in [0.2, 0.25) is 5.02 Å². The molecule has 1 saturated carbocycles. The predicted molar refractivity (Wildman–Crippen MR) is 129 cm³/mol. The van der Waals surface area contributed by atoms with Gasteiger partial charge in [0, 0.05) is 48.1 Å². The summed E-state index contributed by atoms with van der Waals surface area (Å²) < 4.78 is 0. The second kappa shape index (κ2) is 9.57. The molecule has 0 aromatic carbocycles. The summed E-state index contributed by atoms with van der Waals surface area (Å²) in [7, 11) is 0. The Labute approximate surface area is 202 Å². The summed E-state index contributed by atoms with van der Waals surface area (Å²) in [4.78, 5) is 32.3. The first-order valence-electron chi connectivity index (χ1n) is 11.6. The maximum atomic E-state index is 13.6. The summed E-state index contributed by atoms with van der Waals surface area (Å²) in [5, 5.41) is 15.5. The summed E-state index contributed by atoms with van der Waals surface area (Å²) in [6, 6.07) is 4.07. The van der Waals surface area contributed by atoms with E-state index in [0.717, 1.165) is 35.4 Å². The molecule has 1 aliphatic carbocycles. The number of amides is 1. The largest absolute Gasteiger partial charge is 0.481 e. The van der Waals surface area contributed by atoms with E-state index in [9.17, 15) is 14.7 Å². The van der Waals surface area contributed by atoms with Crippen molar-refractivity contribution < 1.29 is 14.7 Å². The zero-order chi connectivity index (χ0) is 22.9. The van der Waals surface area contributed by atoms with Crippen molar-refractivity contribution in [2.75, 3.05) is 6.54 Å². The van der Waals surface area contributed by atoms with Gasteiger partial charge in [0.05, 0.1) is 10.9 Å². The number of carbonyl (C=O) groups excluding carboxylic acids is 1. The molecular formula is C25H28ClN3O3S. The van der Waals surface area contributed by atoms with E-state index >= 15 is 0 Å². The van der Waals surface area contributed by atoms with E-state index < -0.39 is 5.97 Å². The van der Waals surface area contributed by atoms with Crippen LogP contribution in [0.1, 0.15) is 48.1 Å². The lowest BCUT2D eigenvalue weighted by atomic mass is 9.80. The van der Waals surface area contributed by atoms with E-state index in [2.05, 4.69) is 22.4 Å². The first-order chi connectivity index (χ1) is 16.0. The van der Waals surface area contributed by atoms with Crippen LogP contribution in [0.3, 0.4) is 0 Å². The Hall–Kier alpha value is -2.22. The van der Waals surface area contributed by atoms with Gasteiger partial charge in [0.15, 0.2) is 0 Å². The fourth-order valence-electron chi connectivity index (χ4n) is 5.50. The van der Waals surface area contributed by atoms with Crippen LogP contribution in [0.5, 0.6) is 0 Å². The van der Waals surface area contributed by atoms with Crippen molar-refractivity contribution in [1.29, 1.82) is 0 Å². The maximum absolute atomic E-state index is 13.6. The molecule has 1 amide bonds. The van der Waals surface area contributed by atoms with Gasteiger partial charge in [-0.15, -0.1) is 11.3 Å². The van der Waals surface area contributed by atoms with Crippen molar-refractivity contribution >= 4 is 40.4 Å². The van der Waals surface area contributed by atoms with Crippen molar-refractivity contribution in [1.82, 2.24) is 15.2 Å². The topological polar surface area (TPSA) is 82.5 Å². The molecule has 2 aromatic heterocycles. The van der Waals surface area contributed by atoms with Crippen LogP contribution >= 0.6 is 22.9 Å². The predicted octanol–water partition coefficient (Wildman–Crippen LogP) is 4.59. The van der Waals surface area contributed by atoms with Gasteiger partial charge in [-0.25, -0.2) is 0 Å². The van der Waals surface area contributed by atoms with Crippen LogP contribution in [0.4, 0.5) is 0 Å². The average Bonchev–Trinajstić information content (AvgIpc) is 3.23. The van der Waals surface area contributed by atoms with Gasteiger partial charge in [-0.2, -0.15) is 0 Å². The number of carboxylic acid groups (broad SMARTS) is 1. The molecule has 4 heterocycles. The number of halogens is 1. The Balaban J connectivity index is 1.36. The second-order valence-electron chi connectivity index (χ2n) is 9.44. The van der Waals surface area contributed by atoms with Crippen LogP contribution in [-0.4, -0.2) is 39.6 Å². The number of hydrogen-bond donors (Lipinski definition) is 2. The molecule has 5 rings (SSSR count). The molecule has 0 saturated heterocycles. The minimum absolute atomic E-state index is 0.133. The number of nitrogens with one attached hydrogen (secondary N) is 1. The fraction of sp³-hybridized carbons (Fsp3) is 0.480. The molecule has 33 heavy (non-hydrogen) atoms. The number of pyridine rings is 1. The Kier molecular flexibility index (Phi) is 6.54. The Morgan fingerprint density at radius 1 is 1.27 bits per heavy atom. The third-order valence-electron chi connectivity index (χ3n) is 7.22. The summed E-state index contributed by atoms with van der Waals surface area (Å²) in [5.74, 6) is -0.339. The van der Waals surface area contributed by atoms with Crippen molar-refractivity contribution in [3.05, 3.63) is 57.0 Å². The SMILES string of the molecule is O=C(C[C@H]1CC[C@H](C(=O)O)CC1)N1CC(Cc2cc(Cl)cs2)C=C2c3ccncc3CNC21. The third-order valence-corrected chi connectivity index (χ3v) is 8.52. The standard InChI is InChI=1S/C25H28ClN3O3S/c26-19-10-20(33-14-19)7-16-8-22-21-5-6-27-11-18(21)12-28-24(22)29(13-16)23(30)9-15-1-3-17(4-2-15)25(31)32/h5-6,8,10-11,14-17,24,28H,1-4,7,9,12-13H2,(H,31,32)/t15-,16?,17-,24?. The van der Waals surface area contributed by atoms with E-state index in [1.165, 1.54) is 10.4 Å². The zero-order valence-electron chi connectivity index (χ0n) is 18.4. The number of carboxylic acids is 1. The highest BCUT2D eigenvalue weighted by Gasteiger charge is 2.38.